The predicted octanol–water partition coefficient (Wildman–Crippen LogP) is 2.10. The Morgan fingerprint density at radius 2 is 1.83 bits per heavy atom. The molecule has 0 unspecified atom stereocenters. The molecule has 0 heterocycles. The van der Waals surface area contributed by atoms with Gasteiger partial charge in [0.2, 0.25) is 0 Å². The molecule has 0 aliphatic rings. The molecule has 0 rings (SSSR count). The highest BCUT2D eigenvalue weighted by molar-refractivity contribution is 6.57. The third kappa shape index (κ3) is 38.8. The lowest BCUT2D eigenvalue weighted by Crippen LogP contribution is -2.31. The van der Waals surface area contributed by atoms with Crippen molar-refractivity contribution in [1.82, 2.24) is 5.32 Å². The molecule has 0 spiro atoms. The Morgan fingerprint density at radius 3 is 2.17 bits per heavy atom. The molecule has 5 nitrogen and oxygen atoms in total. The number of hydrogen-bond donors (Lipinski definition) is 2. The zero-order valence-corrected chi connectivity index (χ0v) is 15.9. The summed E-state index contributed by atoms with van der Waals surface area (Å²) in [6, 6.07) is 0. The second-order valence-corrected chi connectivity index (χ2v) is 6.48. The average Bonchev–Trinajstić information content (AvgIpc) is 2.44. The maximum atomic E-state index is 10.1. The maximum Gasteiger partial charge on any atom is 0.167 e. The summed E-state index contributed by atoms with van der Waals surface area (Å²) in [5.74, 6) is 0.833. The van der Waals surface area contributed by atoms with Gasteiger partial charge in [-0.1, -0.05) is 20.8 Å². The van der Waals surface area contributed by atoms with Crippen LogP contribution < -0.4 is 5.32 Å². The van der Waals surface area contributed by atoms with Crippen LogP contribution in [0.25, 0.3) is 0 Å². The van der Waals surface area contributed by atoms with E-state index < -0.39 is 5.60 Å². The van der Waals surface area contributed by atoms with E-state index in [-0.39, 0.29) is 12.3 Å². The normalized spacial score (nSPS) is 10.3. The van der Waals surface area contributed by atoms with E-state index in [9.17, 15) is 9.59 Å². The van der Waals surface area contributed by atoms with Crippen LogP contribution in [0.5, 0.6) is 0 Å². The number of carbonyl (C=O) groups excluding carboxylic acids is 2. The van der Waals surface area contributed by atoms with Gasteiger partial charge in [0.15, 0.2) is 7.85 Å². The van der Waals surface area contributed by atoms with Gasteiger partial charge in [-0.25, -0.2) is 0 Å². The largest absolute Gasteiger partial charge is 0.393 e. The first-order chi connectivity index (χ1) is 10.6. The Labute approximate surface area is 144 Å². The highest BCUT2D eigenvalue weighted by atomic mass is 16.5. The molecule has 136 valence electrons. The Balaban J connectivity index is -0.000000284. The summed E-state index contributed by atoms with van der Waals surface area (Å²) < 4.78 is 5.31. The second kappa shape index (κ2) is 19.3. The minimum atomic E-state index is -0.392. The van der Waals surface area contributed by atoms with Gasteiger partial charge < -0.3 is 24.7 Å². The Kier molecular flexibility index (Phi) is 22.8. The predicted molar refractivity (Wildman–Crippen MR) is 96.8 cm³/mol. The maximum absolute atomic E-state index is 10.1. The summed E-state index contributed by atoms with van der Waals surface area (Å²) in [7, 11) is 6.72. The van der Waals surface area contributed by atoms with Crippen LogP contribution in [0.4, 0.5) is 0 Å². The molecule has 2 radical (unpaired) electrons. The van der Waals surface area contributed by atoms with Crippen LogP contribution in [-0.4, -0.2) is 57.3 Å². The lowest BCUT2D eigenvalue weighted by molar-refractivity contribution is -0.112. The summed E-state index contributed by atoms with van der Waals surface area (Å²) >= 11 is 0. The van der Waals surface area contributed by atoms with Gasteiger partial charge in [-0.05, 0) is 46.1 Å². The Bertz CT molecular complexity index is 269. The summed E-state index contributed by atoms with van der Waals surface area (Å²) in [5.41, 5.74) is -0.683. The van der Waals surface area contributed by atoms with Crippen molar-refractivity contribution in [2.24, 2.45) is 5.92 Å². The fourth-order valence-corrected chi connectivity index (χ4v) is 1.00. The number of likely N-dealkylation sites (N-methyl/N-ethyl adjacent to an activating group) is 1. The first-order valence-corrected chi connectivity index (χ1v) is 8.24. The first kappa shape index (κ1) is 27.1. The Hall–Kier alpha value is -0.715. The van der Waals surface area contributed by atoms with Crippen LogP contribution in [0, 0.1) is 5.92 Å². The molecular formula is C17H36BNO4. The van der Waals surface area contributed by atoms with Gasteiger partial charge in [0.1, 0.15) is 6.29 Å². The van der Waals surface area contributed by atoms with Crippen LogP contribution in [-0.2, 0) is 14.3 Å². The van der Waals surface area contributed by atoms with Crippen LogP contribution >= 0.6 is 0 Å². The van der Waals surface area contributed by atoms with Gasteiger partial charge in [-0.3, -0.25) is 0 Å². The SMILES string of the molecule is CC(C)C.CNCCOC(C)(C)CO.[B]C(=O)CCCCC=O. The standard InChI is InChI=1S/C7H17NO2.C6H9BO2.C4H10/c1-7(2,6-9)10-5-4-8-3;7-6(9)4-2-1-3-5-8;1-4(2)3/h8-9H,4-6H2,1-3H3;5H,1-4H2;4H,1-3H3. The fourth-order valence-electron chi connectivity index (χ4n) is 1.00. The van der Waals surface area contributed by atoms with E-state index in [0.717, 1.165) is 31.6 Å². The highest BCUT2D eigenvalue weighted by Gasteiger charge is 2.15. The molecule has 0 aliphatic carbocycles. The van der Waals surface area contributed by atoms with Crippen LogP contribution in [0.3, 0.4) is 0 Å². The van der Waals surface area contributed by atoms with E-state index in [0.29, 0.717) is 19.4 Å². The Morgan fingerprint density at radius 1 is 1.30 bits per heavy atom. The lowest BCUT2D eigenvalue weighted by Gasteiger charge is -2.22. The van der Waals surface area contributed by atoms with Gasteiger partial charge in [0.05, 0.1) is 24.5 Å². The van der Waals surface area contributed by atoms with Crippen molar-refractivity contribution in [3.8, 4) is 0 Å². The molecule has 0 amide bonds. The summed E-state index contributed by atoms with van der Waals surface area (Å²) in [4.78, 5) is 19.8. The third-order valence-electron chi connectivity index (χ3n) is 2.22. The molecule has 0 atom stereocenters. The number of ether oxygens (including phenoxy) is 1. The van der Waals surface area contributed by atoms with E-state index in [1.54, 1.807) is 0 Å². The zero-order valence-electron chi connectivity index (χ0n) is 15.9. The van der Waals surface area contributed by atoms with Crippen molar-refractivity contribution in [3.05, 3.63) is 0 Å². The summed E-state index contributed by atoms with van der Waals surface area (Å²) in [6.45, 7) is 11.8. The van der Waals surface area contributed by atoms with E-state index in [2.05, 4.69) is 26.1 Å². The van der Waals surface area contributed by atoms with E-state index in [4.69, 9.17) is 17.7 Å². The monoisotopic (exact) mass is 329 g/mol. The van der Waals surface area contributed by atoms with Gasteiger partial charge in [0, 0.05) is 13.0 Å². The number of hydrogen-bond acceptors (Lipinski definition) is 5. The van der Waals surface area contributed by atoms with Crippen molar-refractivity contribution < 1.29 is 19.4 Å². The van der Waals surface area contributed by atoms with E-state index >= 15 is 0 Å². The minimum Gasteiger partial charge on any atom is -0.393 e. The quantitative estimate of drug-likeness (QED) is 0.365. The van der Waals surface area contributed by atoms with Gasteiger partial charge in [0.25, 0.3) is 0 Å². The molecular weight excluding hydrogens is 293 g/mol. The number of carbonyl (C=O) groups is 2. The van der Waals surface area contributed by atoms with Gasteiger partial charge >= 0.3 is 0 Å². The molecule has 0 aromatic carbocycles. The van der Waals surface area contributed by atoms with E-state index in [1.807, 2.05) is 20.9 Å². The van der Waals surface area contributed by atoms with Crippen LogP contribution in [0.2, 0.25) is 0 Å². The van der Waals surface area contributed by atoms with Crippen molar-refractivity contribution in [1.29, 1.82) is 0 Å². The van der Waals surface area contributed by atoms with Crippen molar-refractivity contribution in [2.75, 3.05) is 26.8 Å². The summed E-state index contributed by atoms with van der Waals surface area (Å²) in [5, 5.41) is 11.7. The molecule has 2 N–H and O–H groups in total. The lowest BCUT2D eigenvalue weighted by atomic mass is 9.97. The van der Waals surface area contributed by atoms with Gasteiger partial charge in [-0.15, -0.1) is 0 Å². The fraction of sp³-hybridized carbons (Fsp3) is 0.882. The third-order valence-corrected chi connectivity index (χ3v) is 2.22. The number of rotatable bonds is 10. The number of aldehydes is 1. The van der Waals surface area contributed by atoms with E-state index in [1.165, 1.54) is 0 Å². The molecule has 0 fully saturated rings. The topological polar surface area (TPSA) is 75.6 Å². The zero-order chi connectivity index (χ0) is 18.7. The average molecular weight is 329 g/mol. The van der Waals surface area contributed by atoms with Gasteiger partial charge in [-0.2, -0.15) is 0 Å². The number of nitrogens with one attached hydrogen (secondary N) is 1. The van der Waals surface area contributed by atoms with Crippen molar-refractivity contribution >= 4 is 19.8 Å². The molecule has 6 heteroatoms. The highest BCUT2D eigenvalue weighted by Crippen LogP contribution is 2.05. The van der Waals surface area contributed by atoms with Crippen LogP contribution in [0.1, 0.15) is 60.3 Å². The first-order valence-electron chi connectivity index (χ1n) is 8.24. The molecule has 0 aromatic heterocycles. The number of aliphatic hydroxyl groups is 1. The minimum absolute atomic E-state index is 0.0662. The molecule has 0 saturated heterocycles. The second-order valence-electron chi connectivity index (χ2n) is 6.48. The number of aliphatic hydroxyl groups excluding tert-OH is 1. The molecule has 0 aliphatic heterocycles. The van der Waals surface area contributed by atoms with Crippen LogP contribution in [0.15, 0.2) is 0 Å². The molecule has 0 aromatic rings. The molecule has 0 bridgehead atoms. The smallest absolute Gasteiger partial charge is 0.167 e. The van der Waals surface area contributed by atoms with Crippen molar-refractivity contribution in [3.63, 3.8) is 0 Å². The molecule has 0 saturated carbocycles. The van der Waals surface area contributed by atoms with Crippen molar-refractivity contribution in [2.45, 2.75) is 65.9 Å². The number of unbranched alkanes of at least 4 members (excludes halogenated alkanes) is 2. The summed E-state index contributed by atoms with van der Waals surface area (Å²) in [6.07, 6.45) is 3.28. The molecule has 23 heavy (non-hydrogen) atoms.